The van der Waals surface area contributed by atoms with Crippen LogP contribution in [0.15, 0.2) is 0 Å². The van der Waals surface area contributed by atoms with E-state index in [1.54, 1.807) is 0 Å². The Hall–Kier alpha value is 0.966. The number of hydrogen-bond donors (Lipinski definition) is 1. The molecule has 58 valence electrons. The monoisotopic (exact) mass is 267 g/mol. The Morgan fingerprint density at radius 3 is 2.70 bits per heavy atom. The summed E-state index contributed by atoms with van der Waals surface area (Å²) in [6.07, 6.45) is 4.18. The summed E-state index contributed by atoms with van der Waals surface area (Å²) in [4.78, 5) is 10.6. The van der Waals surface area contributed by atoms with Crippen molar-refractivity contribution in [3.8, 4) is 0 Å². The fourth-order valence-electron chi connectivity index (χ4n) is 0.904. The molecule has 0 aromatic carbocycles. The molecular weight excluding hydrogens is 253 g/mol. The summed E-state index contributed by atoms with van der Waals surface area (Å²) in [7, 11) is 0. The molecule has 0 atom stereocenters. The van der Waals surface area contributed by atoms with Crippen LogP contribution in [-0.2, 0) is 4.79 Å². The number of amides is 1. The normalized spacial score (nSPS) is 17.4. The fourth-order valence-corrected chi connectivity index (χ4v) is 0.904. The molecule has 1 fully saturated rings. The SMILES string of the molecule is I.O=C1CCCCCN1.[H-].[H-].[Mg+2]. The number of nitrogens with one attached hydrogen (secondary N) is 1. The molecule has 4 heteroatoms. The molecule has 1 aliphatic rings. The molecule has 1 rings (SSSR count). The molecule has 1 heterocycles. The average Bonchev–Trinajstić information content (AvgIpc) is 1.94. The zero-order valence-electron chi connectivity index (χ0n) is 8.06. The molecular formula is C6H14IMgNO. The quantitative estimate of drug-likeness (QED) is 0.517. The van der Waals surface area contributed by atoms with E-state index in [2.05, 4.69) is 5.32 Å². The topological polar surface area (TPSA) is 29.1 Å². The van der Waals surface area contributed by atoms with Gasteiger partial charge in [0.15, 0.2) is 0 Å². The average molecular weight is 267 g/mol. The van der Waals surface area contributed by atoms with Crippen LogP contribution in [0.5, 0.6) is 0 Å². The van der Waals surface area contributed by atoms with Gasteiger partial charge in [-0.2, -0.15) is 0 Å². The molecule has 1 aliphatic heterocycles. The standard InChI is InChI=1S/C6H11NO.HI.Mg.2H/c8-6-4-2-1-3-5-7-6;;;;/h1-5H2,(H,7,8);1H;;;/q;;+2;2*-1. The first-order chi connectivity index (χ1) is 3.89. The van der Waals surface area contributed by atoms with E-state index in [-0.39, 0.29) is 55.8 Å². The van der Waals surface area contributed by atoms with E-state index < -0.39 is 0 Å². The van der Waals surface area contributed by atoms with Gasteiger partial charge in [0, 0.05) is 13.0 Å². The molecule has 1 amide bonds. The Labute approximate surface area is 97.7 Å². The molecule has 1 saturated heterocycles. The van der Waals surface area contributed by atoms with Gasteiger partial charge < -0.3 is 8.17 Å². The Kier molecular flexibility index (Phi) is 10.9. The van der Waals surface area contributed by atoms with Gasteiger partial charge in [-0.15, -0.1) is 24.0 Å². The van der Waals surface area contributed by atoms with Crippen molar-refractivity contribution in [1.82, 2.24) is 5.32 Å². The molecule has 10 heavy (non-hydrogen) atoms. The van der Waals surface area contributed by atoms with Gasteiger partial charge in [0.1, 0.15) is 0 Å². The minimum absolute atomic E-state index is 0. The number of halogens is 1. The van der Waals surface area contributed by atoms with Gasteiger partial charge in [-0.25, -0.2) is 0 Å². The number of hydrogen-bond acceptors (Lipinski definition) is 1. The minimum atomic E-state index is 0. The van der Waals surface area contributed by atoms with Crippen molar-refractivity contribution in [3.63, 3.8) is 0 Å². The van der Waals surface area contributed by atoms with Gasteiger partial charge in [0.25, 0.3) is 0 Å². The van der Waals surface area contributed by atoms with E-state index in [0.717, 1.165) is 25.8 Å². The van der Waals surface area contributed by atoms with Gasteiger partial charge in [0.05, 0.1) is 0 Å². The molecule has 0 aromatic rings. The predicted octanol–water partition coefficient (Wildman–Crippen LogP) is 1.14. The predicted molar refractivity (Wildman–Crippen MR) is 54.9 cm³/mol. The maximum atomic E-state index is 10.6. The van der Waals surface area contributed by atoms with Gasteiger partial charge in [-0.05, 0) is 12.8 Å². The van der Waals surface area contributed by atoms with E-state index in [1.165, 1.54) is 6.42 Å². The van der Waals surface area contributed by atoms with Crippen LogP contribution >= 0.6 is 24.0 Å². The third-order valence-electron chi connectivity index (χ3n) is 1.40. The molecule has 0 saturated carbocycles. The number of carbonyl (C=O) groups excluding carboxylic acids is 1. The van der Waals surface area contributed by atoms with E-state index in [1.807, 2.05) is 0 Å². The first-order valence-electron chi connectivity index (χ1n) is 3.16. The van der Waals surface area contributed by atoms with Crippen LogP contribution in [0.1, 0.15) is 28.5 Å². The van der Waals surface area contributed by atoms with Crippen LogP contribution in [-0.4, -0.2) is 35.5 Å². The van der Waals surface area contributed by atoms with Crippen molar-refractivity contribution in [2.45, 2.75) is 25.7 Å². The molecule has 1 N–H and O–H groups in total. The van der Waals surface area contributed by atoms with Crippen molar-refractivity contribution in [2.24, 2.45) is 0 Å². The second kappa shape index (κ2) is 8.07. The van der Waals surface area contributed by atoms with Crippen molar-refractivity contribution < 1.29 is 7.65 Å². The van der Waals surface area contributed by atoms with Crippen LogP contribution in [0.3, 0.4) is 0 Å². The molecule has 0 spiro atoms. The molecule has 0 radical (unpaired) electrons. The zero-order chi connectivity index (χ0) is 5.82. The Morgan fingerprint density at radius 2 is 2.00 bits per heavy atom. The van der Waals surface area contributed by atoms with E-state index >= 15 is 0 Å². The van der Waals surface area contributed by atoms with Crippen LogP contribution in [0.25, 0.3) is 0 Å². The second-order valence-corrected chi connectivity index (χ2v) is 2.16. The van der Waals surface area contributed by atoms with Crippen molar-refractivity contribution >= 4 is 52.9 Å². The molecule has 2 nitrogen and oxygen atoms in total. The van der Waals surface area contributed by atoms with E-state index in [0.29, 0.717) is 0 Å². The summed E-state index contributed by atoms with van der Waals surface area (Å²) in [6.45, 7) is 0.888. The van der Waals surface area contributed by atoms with Crippen LogP contribution in [0.2, 0.25) is 0 Å². The number of rotatable bonds is 0. The summed E-state index contributed by atoms with van der Waals surface area (Å²) in [5.74, 6) is 0.225. The van der Waals surface area contributed by atoms with Crippen LogP contribution in [0.4, 0.5) is 0 Å². The summed E-state index contributed by atoms with van der Waals surface area (Å²) < 4.78 is 0. The minimum Gasteiger partial charge on any atom is -1.00 e. The second-order valence-electron chi connectivity index (χ2n) is 2.16. The summed E-state index contributed by atoms with van der Waals surface area (Å²) >= 11 is 0. The van der Waals surface area contributed by atoms with Crippen LogP contribution in [0, 0.1) is 0 Å². The first-order valence-corrected chi connectivity index (χ1v) is 3.16. The maximum Gasteiger partial charge on any atom is 2.00 e. The first kappa shape index (κ1) is 13.5. The molecule has 0 unspecified atom stereocenters. The zero-order valence-corrected chi connectivity index (χ0v) is 9.80. The molecule has 0 aliphatic carbocycles. The van der Waals surface area contributed by atoms with Gasteiger partial charge in [-0.3, -0.25) is 4.79 Å². The molecule has 0 bridgehead atoms. The van der Waals surface area contributed by atoms with Crippen molar-refractivity contribution in [1.29, 1.82) is 0 Å². The van der Waals surface area contributed by atoms with Crippen molar-refractivity contribution in [2.75, 3.05) is 6.54 Å². The van der Waals surface area contributed by atoms with Gasteiger partial charge in [-0.1, -0.05) is 6.42 Å². The third-order valence-corrected chi connectivity index (χ3v) is 1.40. The van der Waals surface area contributed by atoms with E-state index in [4.69, 9.17) is 0 Å². The summed E-state index contributed by atoms with van der Waals surface area (Å²) in [5.41, 5.74) is 0. The third kappa shape index (κ3) is 5.73. The largest absolute Gasteiger partial charge is 2.00 e. The smallest absolute Gasteiger partial charge is 1.00 e. The number of carbonyl (C=O) groups is 1. The summed E-state index contributed by atoms with van der Waals surface area (Å²) in [6, 6.07) is 0. The maximum absolute atomic E-state index is 10.6. The fraction of sp³-hybridized carbons (Fsp3) is 0.833. The van der Waals surface area contributed by atoms with Gasteiger partial charge in [0.2, 0.25) is 5.91 Å². The van der Waals surface area contributed by atoms with Gasteiger partial charge >= 0.3 is 23.1 Å². The Bertz CT molecular complexity index is 97.5. The van der Waals surface area contributed by atoms with Crippen LogP contribution < -0.4 is 5.32 Å². The van der Waals surface area contributed by atoms with E-state index in [9.17, 15) is 4.79 Å². The Balaban J connectivity index is -0.0000000800. The molecule has 0 aromatic heterocycles. The summed E-state index contributed by atoms with van der Waals surface area (Å²) in [5, 5.41) is 2.81. The Morgan fingerprint density at radius 1 is 1.30 bits per heavy atom. The van der Waals surface area contributed by atoms with Crippen molar-refractivity contribution in [3.05, 3.63) is 0 Å².